The second-order valence-corrected chi connectivity index (χ2v) is 5.33. The van der Waals surface area contributed by atoms with Crippen LogP contribution >= 0.6 is 0 Å². The van der Waals surface area contributed by atoms with E-state index >= 15 is 0 Å². The Kier molecular flexibility index (Phi) is 7.24. The minimum Gasteiger partial charge on any atom is -0.508 e. The lowest BCUT2D eigenvalue weighted by atomic mass is 10.2. The van der Waals surface area contributed by atoms with Crippen molar-refractivity contribution in [3.8, 4) is 17.2 Å². The fraction of sp³-hybridized carbons (Fsp3) is 0.200. The molecule has 0 unspecified atom stereocenters. The minimum atomic E-state index is -0.494. The number of benzene rings is 2. The van der Waals surface area contributed by atoms with Crippen LogP contribution in [0.25, 0.3) is 0 Å². The van der Waals surface area contributed by atoms with Crippen LogP contribution in [0, 0.1) is 0 Å². The third-order valence-corrected chi connectivity index (χ3v) is 3.36. The van der Waals surface area contributed by atoms with E-state index in [1.807, 2.05) is 0 Å². The molecule has 1 N–H and O–H groups in total. The van der Waals surface area contributed by atoms with Crippen LogP contribution in [-0.4, -0.2) is 30.3 Å². The van der Waals surface area contributed by atoms with E-state index in [2.05, 4.69) is 6.58 Å². The zero-order valence-electron chi connectivity index (χ0n) is 14.2. The predicted octanol–water partition coefficient (Wildman–Crippen LogP) is 3.50. The van der Waals surface area contributed by atoms with Crippen molar-refractivity contribution < 1.29 is 28.9 Å². The first-order valence-electron chi connectivity index (χ1n) is 8.12. The Balaban J connectivity index is 1.73. The SMILES string of the molecule is C=CC(=O)OCCCCOc1ccc(C(=O)Oc2ccc(O)cc2)cc1. The summed E-state index contributed by atoms with van der Waals surface area (Å²) in [5.41, 5.74) is 0.391. The molecular weight excluding hydrogens is 336 g/mol. The molecule has 136 valence electrons. The summed E-state index contributed by atoms with van der Waals surface area (Å²) in [5, 5.41) is 9.21. The van der Waals surface area contributed by atoms with E-state index in [0.717, 1.165) is 12.5 Å². The van der Waals surface area contributed by atoms with Gasteiger partial charge in [-0.05, 0) is 61.4 Å². The number of carbonyl (C=O) groups excluding carboxylic acids is 2. The molecule has 0 bridgehead atoms. The fourth-order valence-electron chi connectivity index (χ4n) is 1.99. The van der Waals surface area contributed by atoms with Gasteiger partial charge >= 0.3 is 11.9 Å². The average molecular weight is 356 g/mol. The number of esters is 2. The van der Waals surface area contributed by atoms with Crippen molar-refractivity contribution in [1.82, 2.24) is 0 Å². The third-order valence-electron chi connectivity index (χ3n) is 3.36. The van der Waals surface area contributed by atoms with Gasteiger partial charge in [0.05, 0.1) is 18.8 Å². The van der Waals surface area contributed by atoms with Gasteiger partial charge in [0, 0.05) is 6.08 Å². The molecule has 0 aliphatic carbocycles. The smallest absolute Gasteiger partial charge is 0.343 e. The van der Waals surface area contributed by atoms with Crippen LogP contribution in [0.1, 0.15) is 23.2 Å². The summed E-state index contributed by atoms with van der Waals surface area (Å²) in [7, 11) is 0. The van der Waals surface area contributed by atoms with Crippen molar-refractivity contribution in [3.05, 3.63) is 66.7 Å². The lowest BCUT2D eigenvalue weighted by molar-refractivity contribution is -0.137. The van der Waals surface area contributed by atoms with Crippen LogP contribution in [-0.2, 0) is 9.53 Å². The highest BCUT2D eigenvalue weighted by Crippen LogP contribution is 2.18. The standard InChI is InChI=1S/C20H20O6/c1-2-19(22)25-14-4-3-13-24-17-9-5-15(6-10-17)20(23)26-18-11-7-16(21)8-12-18/h2,5-12,21H,1,3-4,13-14H2. The number of ether oxygens (including phenoxy) is 3. The van der Waals surface area contributed by atoms with E-state index in [1.54, 1.807) is 24.3 Å². The van der Waals surface area contributed by atoms with E-state index in [0.29, 0.717) is 36.7 Å². The zero-order valence-corrected chi connectivity index (χ0v) is 14.2. The molecular formula is C20H20O6. The highest BCUT2D eigenvalue weighted by molar-refractivity contribution is 5.91. The molecule has 6 nitrogen and oxygen atoms in total. The van der Waals surface area contributed by atoms with Gasteiger partial charge in [-0.2, -0.15) is 0 Å². The molecule has 0 spiro atoms. The lowest BCUT2D eigenvalue weighted by Gasteiger charge is -2.08. The highest BCUT2D eigenvalue weighted by Gasteiger charge is 2.09. The molecule has 0 aliphatic rings. The Morgan fingerprint density at radius 1 is 0.923 bits per heavy atom. The summed E-state index contributed by atoms with van der Waals surface area (Å²) in [6.45, 7) is 4.12. The molecule has 0 aromatic heterocycles. The summed E-state index contributed by atoms with van der Waals surface area (Å²) < 4.78 is 15.6. The molecule has 0 heterocycles. The predicted molar refractivity (Wildman–Crippen MR) is 95.4 cm³/mol. The summed E-state index contributed by atoms with van der Waals surface area (Å²) in [6.07, 6.45) is 2.55. The molecule has 0 fully saturated rings. The van der Waals surface area contributed by atoms with E-state index in [1.165, 1.54) is 24.3 Å². The fourth-order valence-corrected chi connectivity index (χ4v) is 1.99. The van der Waals surface area contributed by atoms with Crippen LogP contribution in [0.2, 0.25) is 0 Å². The van der Waals surface area contributed by atoms with Crippen molar-refractivity contribution in [3.63, 3.8) is 0 Å². The number of rotatable bonds is 9. The van der Waals surface area contributed by atoms with Crippen molar-refractivity contribution in [1.29, 1.82) is 0 Å². The van der Waals surface area contributed by atoms with Crippen LogP contribution < -0.4 is 9.47 Å². The lowest BCUT2D eigenvalue weighted by Crippen LogP contribution is -2.08. The maximum absolute atomic E-state index is 12.0. The molecule has 6 heteroatoms. The molecule has 26 heavy (non-hydrogen) atoms. The highest BCUT2D eigenvalue weighted by atomic mass is 16.5. The molecule has 0 amide bonds. The molecule has 2 aromatic carbocycles. The Morgan fingerprint density at radius 2 is 1.54 bits per heavy atom. The monoisotopic (exact) mass is 356 g/mol. The van der Waals surface area contributed by atoms with Crippen LogP contribution in [0.3, 0.4) is 0 Å². The maximum Gasteiger partial charge on any atom is 0.343 e. The van der Waals surface area contributed by atoms with Gasteiger partial charge in [-0.25, -0.2) is 9.59 Å². The topological polar surface area (TPSA) is 82.1 Å². The third kappa shape index (κ3) is 6.32. The van der Waals surface area contributed by atoms with Crippen molar-refractivity contribution in [2.45, 2.75) is 12.8 Å². The Hall–Kier alpha value is -3.28. The van der Waals surface area contributed by atoms with Crippen LogP contribution in [0.4, 0.5) is 0 Å². The van der Waals surface area contributed by atoms with E-state index in [-0.39, 0.29) is 5.75 Å². The van der Waals surface area contributed by atoms with E-state index in [4.69, 9.17) is 14.2 Å². The average Bonchev–Trinajstić information content (AvgIpc) is 2.66. The summed E-state index contributed by atoms with van der Waals surface area (Å²) >= 11 is 0. The normalized spacial score (nSPS) is 10.0. The summed E-state index contributed by atoms with van der Waals surface area (Å²) in [5.74, 6) is 0.164. The largest absolute Gasteiger partial charge is 0.508 e. The van der Waals surface area contributed by atoms with E-state index in [9.17, 15) is 14.7 Å². The molecule has 0 saturated heterocycles. The molecule has 0 saturated carbocycles. The number of phenolic OH excluding ortho intramolecular Hbond substituents is 1. The Bertz CT molecular complexity index is 734. The quantitative estimate of drug-likeness (QED) is 0.320. The molecule has 0 atom stereocenters. The van der Waals surface area contributed by atoms with Crippen LogP contribution in [0.15, 0.2) is 61.2 Å². The number of unbranched alkanes of at least 4 members (excludes halogenated alkanes) is 1. The van der Waals surface area contributed by atoms with Gasteiger partial charge in [0.25, 0.3) is 0 Å². The minimum absolute atomic E-state index is 0.102. The van der Waals surface area contributed by atoms with Gasteiger partial charge in [-0.3, -0.25) is 0 Å². The number of hydrogen-bond donors (Lipinski definition) is 1. The van der Waals surface area contributed by atoms with Crippen LogP contribution in [0.5, 0.6) is 17.2 Å². The molecule has 2 aromatic rings. The Morgan fingerprint density at radius 3 is 2.19 bits per heavy atom. The molecule has 2 rings (SSSR count). The van der Waals surface area contributed by atoms with Gasteiger partial charge in [0.1, 0.15) is 17.2 Å². The van der Waals surface area contributed by atoms with Gasteiger partial charge in [0.2, 0.25) is 0 Å². The first kappa shape index (κ1) is 19.1. The Labute approximate surface area is 151 Å². The molecule has 0 aliphatic heterocycles. The van der Waals surface area contributed by atoms with Gasteiger partial charge in [-0.1, -0.05) is 6.58 Å². The zero-order chi connectivity index (χ0) is 18.8. The first-order valence-corrected chi connectivity index (χ1v) is 8.12. The number of carbonyl (C=O) groups is 2. The number of hydrogen-bond acceptors (Lipinski definition) is 6. The van der Waals surface area contributed by atoms with Crippen molar-refractivity contribution >= 4 is 11.9 Å². The van der Waals surface area contributed by atoms with Gasteiger partial charge in [-0.15, -0.1) is 0 Å². The molecule has 0 radical (unpaired) electrons. The number of phenols is 1. The van der Waals surface area contributed by atoms with Crippen molar-refractivity contribution in [2.75, 3.05) is 13.2 Å². The second kappa shape index (κ2) is 9.88. The second-order valence-electron chi connectivity index (χ2n) is 5.33. The number of aromatic hydroxyl groups is 1. The first-order chi connectivity index (χ1) is 12.6. The summed E-state index contributed by atoms with van der Waals surface area (Å²) in [6, 6.07) is 12.5. The van der Waals surface area contributed by atoms with Gasteiger partial charge in [0.15, 0.2) is 0 Å². The maximum atomic E-state index is 12.0. The van der Waals surface area contributed by atoms with Crippen molar-refractivity contribution in [2.24, 2.45) is 0 Å². The van der Waals surface area contributed by atoms with E-state index < -0.39 is 11.9 Å². The summed E-state index contributed by atoms with van der Waals surface area (Å²) in [4.78, 5) is 22.9. The van der Waals surface area contributed by atoms with Gasteiger partial charge < -0.3 is 19.3 Å².